The molecular formula is C20H18N2O3. The Morgan fingerprint density at radius 2 is 2.00 bits per heavy atom. The summed E-state index contributed by atoms with van der Waals surface area (Å²) < 4.78 is 0. The number of aliphatic carboxylic acids is 1. The van der Waals surface area contributed by atoms with Gasteiger partial charge >= 0.3 is 1.43 Å². The summed E-state index contributed by atoms with van der Waals surface area (Å²) in [5.41, 5.74) is 2.48. The maximum atomic E-state index is 12.5. The van der Waals surface area contributed by atoms with Crippen LogP contribution in [-0.2, 0) is 11.2 Å². The molecule has 0 heterocycles. The van der Waals surface area contributed by atoms with Crippen LogP contribution in [0.1, 0.15) is 28.5 Å². The first-order chi connectivity index (χ1) is 12.0. The van der Waals surface area contributed by atoms with Gasteiger partial charge in [-0.05, 0) is 35.8 Å². The summed E-state index contributed by atoms with van der Waals surface area (Å²) in [6, 6.07) is 16.1. The molecule has 5 nitrogen and oxygen atoms in total. The minimum absolute atomic E-state index is 0. The monoisotopic (exact) mass is 334 g/mol. The number of likely N-dealkylation sites (N-methyl/N-ethyl adjacent to an activating group) is 1. The zero-order valence-corrected chi connectivity index (χ0v) is 13.8. The van der Waals surface area contributed by atoms with Crippen molar-refractivity contribution in [1.82, 2.24) is 4.90 Å². The standard InChI is InChI=1S/C20H18N2O3/c1-22(20(25)18-8-3-2-7-17(18)14-21)12-11-16-6-4-5-15(13-16)9-10-19(23)24/h2-10,13H,11-12H2,1H3,(H,23,24)/b10-9+. The van der Waals surface area contributed by atoms with Crippen LogP contribution in [0.15, 0.2) is 54.6 Å². The Bertz CT molecular complexity index is 856. The molecule has 0 saturated heterocycles. The van der Waals surface area contributed by atoms with Crippen molar-refractivity contribution in [1.29, 1.82) is 5.26 Å². The molecule has 0 aromatic heterocycles. The SMILES string of the molecule is CN(CCc1cccc(/C=C/C(=O)[O-])c1)C(=O)c1ccccc1C#N.[H+]. The summed E-state index contributed by atoms with van der Waals surface area (Å²) in [6.45, 7) is 0.478. The predicted octanol–water partition coefficient (Wildman–Crippen LogP) is 1.75. The number of benzene rings is 2. The second-order valence-corrected chi connectivity index (χ2v) is 5.53. The lowest BCUT2D eigenvalue weighted by atomic mass is 10.1. The summed E-state index contributed by atoms with van der Waals surface area (Å²) in [4.78, 5) is 24.5. The highest BCUT2D eigenvalue weighted by atomic mass is 16.4. The molecule has 0 N–H and O–H groups in total. The van der Waals surface area contributed by atoms with Gasteiger partial charge in [0.05, 0.1) is 23.2 Å². The summed E-state index contributed by atoms with van der Waals surface area (Å²) in [6.07, 6.45) is 3.06. The van der Waals surface area contributed by atoms with Crippen molar-refractivity contribution in [3.63, 3.8) is 0 Å². The van der Waals surface area contributed by atoms with Gasteiger partial charge in [-0.15, -0.1) is 0 Å². The highest BCUT2D eigenvalue weighted by Gasteiger charge is 2.15. The number of carboxylic acid groups (broad SMARTS) is 1. The lowest BCUT2D eigenvalue weighted by Gasteiger charge is -2.18. The van der Waals surface area contributed by atoms with Gasteiger partial charge in [-0.3, -0.25) is 4.79 Å². The van der Waals surface area contributed by atoms with Crippen molar-refractivity contribution < 1.29 is 16.1 Å². The Balaban J connectivity index is 0.00000338. The lowest BCUT2D eigenvalue weighted by molar-refractivity contribution is -0.297. The third-order valence-electron chi connectivity index (χ3n) is 3.72. The fourth-order valence-electron chi connectivity index (χ4n) is 2.39. The second-order valence-electron chi connectivity index (χ2n) is 5.53. The van der Waals surface area contributed by atoms with Gasteiger partial charge in [0.15, 0.2) is 0 Å². The average molecular weight is 334 g/mol. The van der Waals surface area contributed by atoms with Gasteiger partial charge in [0.2, 0.25) is 0 Å². The minimum atomic E-state index is -1.24. The molecule has 2 aromatic rings. The maximum absolute atomic E-state index is 12.5. The summed E-state index contributed by atoms with van der Waals surface area (Å²) in [5, 5.41) is 19.6. The van der Waals surface area contributed by atoms with Crippen molar-refractivity contribution in [2.45, 2.75) is 6.42 Å². The van der Waals surface area contributed by atoms with Crippen molar-refractivity contribution >= 4 is 18.0 Å². The van der Waals surface area contributed by atoms with Gasteiger partial charge < -0.3 is 14.8 Å². The van der Waals surface area contributed by atoms with E-state index in [0.29, 0.717) is 24.1 Å². The molecule has 0 saturated carbocycles. The minimum Gasteiger partial charge on any atom is -0.545 e. The molecule has 1 amide bonds. The quantitative estimate of drug-likeness (QED) is 0.753. The molecule has 0 aliphatic heterocycles. The van der Waals surface area contributed by atoms with Crippen LogP contribution in [0.2, 0.25) is 0 Å². The van der Waals surface area contributed by atoms with E-state index >= 15 is 0 Å². The third kappa shape index (κ3) is 5.05. The van der Waals surface area contributed by atoms with Gasteiger partial charge in [-0.25, -0.2) is 0 Å². The van der Waals surface area contributed by atoms with Gasteiger partial charge in [-0.2, -0.15) is 5.26 Å². The molecule has 2 rings (SSSR count). The Labute approximate surface area is 147 Å². The van der Waals surface area contributed by atoms with E-state index in [-0.39, 0.29) is 7.33 Å². The molecule has 0 radical (unpaired) electrons. The van der Waals surface area contributed by atoms with Crippen LogP contribution >= 0.6 is 0 Å². The molecule has 0 fully saturated rings. The number of nitrogens with zero attached hydrogens (tertiary/aromatic N) is 2. The van der Waals surface area contributed by atoms with E-state index in [0.717, 1.165) is 17.2 Å². The van der Waals surface area contributed by atoms with Crippen LogP contribution in [0.4, 0.5) is 0 Å². The van der Waals surface area contributed by atoms with Crippen LogP contribution in [0, 0.1) is 11.3 Å². The van der Waals surface area contributed by atoms with Crippen molar-refractivity contribution in [2.24, 2.45) is 0 Å². The average Bonchev–Trinajstić information content (AvgIpc) is 2.64. The number of nitriles is 1. The Kier molecular flexibility index (Phi) is 6.08. The number of hydrogen-bond acceptors (Lipinski definition) is 4. The number of amides is 1. The molecule has 2 aromatic carbocycles. The fraction of sp³-hybridized carbons (Fsp3) is 0.150. The van der Waals surface area contributed by atoms with Gasteiger partial charge in [0, 0.05) is 13.6 Å². The van der Waals surface area contributed by atoms with Crippen LogP contribution in [0.3, 0.4) is 0 Å². The number of carbonyl (C=O) groups excluding carboxylic acids is 2. The molecule has 25 heavy (non-hydrogen) atoms. The summed E-state index contributed by atoms with van der Waals surface area (Å²) in [7, 11) is 1.69. The van der Waals surface area contributed by atoms with E-state index in [1.165, 1.54) is 6.08 Å². The van der Waals surface area contributed by atoms with Gasteiger partial charge in [-0.1, -0.05) is 42.5 Å². The number of hydrogen-bond donors (Lipinski definition) is 0. The first kappa shape index (κ1) is 18.0. The molecule has 0 atom stereocenters. The Morgan fingerprint density at radius 1 is 1.24 bits per heavy atom. The lowest BCUT2D eigenvalue weighted by Crippen LogP contribution is -2.29. The Morgan fingerprint density at radius 3 is 2.72 bits per heavy atom. The number of rotatable bonds is 6. The van der Waals surface area contributed by atoms with E-state index < -0.39 is 5.97 Å². The van der Waals surface area contributed by atoms with Crippen molar-refractivity contribution in [2.75, 3.05) is 13.6 Å². The van der Waals surface area contributed by atoms with E-state index in [4.69, 9.17) is 5.26 Å². The largest absolute Gasteiger partial charge is 1.00 e. The van der Waals surface area contributed by atoms with E-state index in [9.17, 15) is 14.7 Å². The smallest absolute Gasteiger partial charge is 0.545 e. The van der Waals surface area contributed by atoms with Crippen molar-refractivity contribution in [3.05, 3.63) is 76.9 Å². The molecule has 0 unspecified atom stereocenters. The van der Waals surface area contributed by atoms with Gasteiger partial charge in [0.25, 0.3) is 5.91 Å². The first-order valence-corrected chi connectivity index (χ1v) is 7.74. The molecule has 0 aliphatic rings. The molecule has 0 bridgehead atoms. The zero-order valence-electron chi connectivity index (χ0n) is 14.8. The summed E-state index contributed by atoms with van der Waals surface area (Å²) in [5.74, 6) is -1.45. The van der Waals surface area contributed by atoms with E-state index in [1.807, 2.05) is 24.3 Å². The van der Waals surface area contributed by atoms with Crippen LogP contribution in [0.25, 0.3) is 6.08 Å². The van der Waals surface area contributed by atoms with Crippen LogP contribution < -0.4 is 5.11 Å². The van der Waals surface area contributed by atoms with Crippen molar-refractivity contribution in [3.8, 4) is 6.07 Å². The zero-order chi connectivity index (χ0) is 18.2. The molecule has 0 spiro atoms. The summed E-state index contributed by atoms with van der Waals surface area (Å²) >= 11 is 0. The normalized spacial score (nSPS) is 10.4. The van der Waals surface area contributed by atoms with Gasteiger partial charge in [0.1, 0.15) is 0 Å². The highest BCUT2D eigenvalue weighted by Crippen LogP contribution is 2.12. The number of carboxylic acids is 1. The molecule has 126 valence electrons. The predicted molar refractivity (Wildman–Crippen MR) is 93.4 cm³/mol. The molecule has 5 heteroatoms. The number of carbonyl (C=O) groups is 2. The Hall–Kier alpha value is -3.39. The fourth-order valence-corrected chi connectivity index (χ4v) is 2.39. The second kappa shape index (κ2) is 8.46. The maximum Gasteiger partial charge on any atom is 1.00 e. The topological polar surface area (TPSA) is 84.2 Å². The van der Waals surface area contributed by atoms with E-state index in [1.54, 1.807) is 42.3 Å². The third-order valence-corrected chi connectivity index (χ3v) is 3.72. The van der Waals surface area contributed by atoms with E-state index in [2.05, 4.69) is 0 Å². The highest BCUT2D eigenvalue weighted by molar-refractivity contribution is 5.96. The van der Waals surface area contributed by atoms with Crippen LogP contribution in [0.5, 0.6) is 0 Å². The molecule has 0 aliphatic carbocycles. The first-order valence-electron chi connectivity index (χ1n) is 7.74. The molecular weight excluding hydrogens is 316 g/mol. The van der Waals surface area contributed by atoms with Crippen LogP contribution in [-0.4, -0.2) is 30.4 Å².